The molecule has 17 heavy (non-hydrogen) atoms. The van der Waals surface area contributed by atoms with Crippen LogP contribution in [0.2, 0.25) is 0 Å². The molecule has 1 amide bonds. The zero-order valence-electron chi connectivity index (χ0n) is 10.4. The number of amides is 1. The first-order valence-electron chi connectivity index (χ1n) is 6.21. The molecule has 0 aliphatic carbocycles. The molecular formula is C11H22N2O3S. The topological polar surface area (TPSA) is 75.3 Å². The lowest BCUT2D eigenvalue weighted by Gasteiger charge is -2.22. The van der Waals surface area contributed by atoms with Crippen LogP contribution in [0.1, 0.15) is 26.2 Å². The van der Waals surface area contributed by atoms with Gasteiger partial charge in [0.05, 0.1) is 5.75 Å². The van der Waals surface area contributed by atoms with E-state index in [-0.39, 0.29) is 23.3 Å². The minimum Gasteiger partial charge on any atom is -0.355 e. The third-order valence-electron chi connectivity index (χ3n) is 2.81. The Balaban J connectivity index is 2.36. The highest BCUT2D eigenvalue weighted by Crippen LogP contribution is 2.12. The second-order valence-electron chi connectivity index (χ2n) is 4.62. The van der Waals surface area contributed by atoms with Gasteiger partial charge in [0.25, 0.3) is 0 Å². The molecule has 0 bridgehead atoms. The van der Waals surface area contributed by atoms with Crippen molar-refractivity contribution in [3.05, 3.63) is 0 Å². The lowest BCUT2D eigenvalue weighted by atomic mass is 10.0. The molecule has 1 fully saturated rings. The molecule has 1 unspecified atom stereocenters. The number of piperidine rings is 1. The number of sulfone groups is 1. The summed E-state index contributed by atoms with van der Waals surface area (Å²) >= 11 is 0. The fourth-order valence-corrected chi connectivity index (χ4v) is 3.62. The van der Waals surface area contributed by atoms with Crippen LogP contribution in [0.15, 0.2) is 0 Å². The van der Waals surface area contributed by atoms with Crippen molar-refractivity contribution >= 4 is 15.7 Å². The van der Waals surface area contributed by atoms with E-state index in [2.05, 4.69) is 10.6 Å². The van der Waals surface area contributed by atoms with E-state index in [0.717, 1.165) is 32.4 Å². The minimum absolute atomic E-state index is 0.125. The zero-order valence-corrected chi connectivity index (χ0v) is 11.2. The van der Waals surface area contributed by atoms with E-state index in [9.17, 15) is 13.2 Å². The average molecular weight is 262 g/mol. The molecule has 1 heterocycles. The van der Waals surface area contributed by atoms with Gasteiger partial charge in [-0.2, -0.15) is 0 Å². The average Bonchev–Trinajstić information content (AvgIpc) is 2.26. The largest absolute Gasteiger partial charge is 0.355 e. The lowest BCUT2D eigenvalue weighted by molar-refractivity contribution is -0.118. The van der Waals surface area contributed by atoms with Crippen LogP contribution < -0.4 is 10.6 Å². The summed E-state index contributed by atoms with van der Waals surface area (Å²) < 4.78 is 23.6. The molecule has 0 aromatic heterocycles. The van der Waals surface area contributed by atoms with Gasteiger partial charge in [-0.1, -0.05) is 6.92 Å². The second-order valence-corrected chi connectivity index (χ2v) is 6.73. The van der Waals surface area contributed by atoms with Crippen molar-refractivity contribution in [2.75, 3.05) is 31.1 Å². The summed E-state index contributed by atoms with van der Waals surface area (Å²) in [4.78, 5) is 11.4. The van der Waals surface area contributed by atoms with E-state index < -0.39 is 9.84 Å². The Kier molecular flexibility index (Phi) is 5.91. The van der Waals surface area contributed by atoms with Gasteiger partial charge in [0.15, 0.2) is 9.84 Å². The van der Waals surface area contributed by atoms with Crippen LogP contribution in [-0.4, -0.2) is 45.5 Å². The molecule has 1 aliphatic rings. The van der Waals surface area contributed by atoms with Crippen LogP contribution >= 0.6 is 0 Å². The minimum atomic E-state index is -3.26. The fraction of sp³-hybridized carbons (Fsp3) is 0.909. The Morgan fingerprint density at radius 2 is 2.24 bits per heavy atom. The second kappa shape index (κ2) is 6.96. The van der Waals surface area contributed by atoms with Gasteiger partial charge in [-0.15, -0.1) is 0 Å². The number of hydrogen-bond acceptors (Lipinski definition) is 4. The Bertz CT molecular complexity index is 335. The number of carbonyl (C=O) groups is 1. The summed E-state index contributed by atoms with van der Waals surface area (Å²) in [6.07, 6.45) is 2.77. The summed E-state index contributed by atoms with van der Waals surface area (Å²) in [6.45, 7) is 4.19. The Morgan fingerprint density at radius 1 is 1.47 bits per heavy atom. The fourth-order valence-electron chi connectivity index (χ4n) is 2.00. The van der Waals surface area contributed by atoms with E-state index in [1.807, 2.05) is 6.92 Å². The maximum atomic E-state index is 11.8. The van der Waals surface area contributed by atoms with Crippen molar-refractivity contribution in [2.45, 2.75) is 26.2 Å². The van der Waals surface area contributed by atoms with Crippen molar-refractivity contribution in [1.29, 1.82) is 0 Å². The van der Waals surface area contributed by atoms with E-state index in [1.165, 1.54) is 0 Å². The Labute approximate surface area is 103 Å². The first-order valence-corrected chi connectivity index (χ1v) is 8.03. The van der Waals surface area contributed by atoms with E-state index >= 15 is 0 Å². The smallest absolute Gasteiger partial charge is 0.235 e. The van der Waals surface area contributed by atoms with Gasteiger partial charge in [-0.25, -0.2) is 8.42 Å². The molecule has 1 atom stereocenters. The quantitative estimate of drug-likeness (QED) is 0.702. The highest BCUT2D eigenvalue weighted by molar-refractivity contribution is 7.92. The summed E-state index contributed by atoms with van der Waals surface area (Å²) in [6, 6.07) is 0. The van der Waals surface area contributed by atoms with Gasteiger partial charge in [0, 0.05) is 6.54 Å². The van der Waals surface area contributed by atoms with E-state index in [0.29, 0.717) is 6.54 Å². The number of nitrogens with one attached hydrogen (secondary N) is 2. The number of carbonyl (C=O) groups excluding carboxylic acids is 1. The van der Waals surface area contributed by atoms with Crippen molar-refractivity contribution in [2.24, 2.45) is 5.92 Å². The van der Waals surface area contributed by atoms with Crippen LogP contribution in [0.5, 0.6) is 0 Å². The molecule has 5 nitrogen and oxygen atoms in total. The van der Waals surface area contributed by atoms with Gasteiger partial charge in [0.2, 0.25) is 5.91 Å². The lowest BCUT2D eigenvalue weighted by Crippen LogP contribution is -2.37. The van der Waals surface area contributed by atoms with Crippen LogP contribution in [0.3, 0.4) is 0 Å². The summed E-state index contributed by atoms with van der Waals surface area (Å²) in [5, 5.41) is 5.77. The molecule has 2 N–H and O–H groups in total. The predicted octanol–water partition coefficient (Wildman–Crippen LogP) is -0.0730. The maximum absolute atomic E-state index is 11.8. The first-order chi connectivity index (χ1) is 8.03. The van der Waals surface area contributed by atoms with E-state index in [1.54, 1.807) is 0 Å². The molecule has 6 heteroatoms. The molecule has 100 valence electrons. The maximum Gasteiger partial charge on any atom is 0.235 e. The van der Waals surface area contributed by atoms with Crippen LogP contribution in [0.4, 0.5) is 0 Å². The third kappa shape index (κ3) is 6.02. The number of rotatable bonds is 6. The third-order valence-corrected chi connectivity index (χ3v) is 4.49. The van der Waals surface area contributed by atoms with Crippen molar-refractivity contribution in [1.82, 2.24) is 10.6 Å². The Hall–Kier alpha value is -0.620. The molecule has 0 radical (unpaired) electrons. The van der Waals surface area contributed by atoms with Crippen molar-refractivity contribution in [3.63, 3.8) is 0 Å². The number of hydrogen-bond donors (Lipinski definition) is 2. The molecule has 1 aliphatic heterocycles. The monoisotopic (exact) mass is 262 g/mol. The summed E-state index contributed by atoms with van der Waals surface area (Å²) in [5.74, 6) is -0.466. The Morgan fingerprint density at radius 3 is 2.82 bits per heavy atom. The van der Waals surface area contributed by atoms with Crippen LogP contribution in [0, 0.1) is 5.92 Å². The predicted molar refractivity (Wildman–Crippen MR) is 67.5 cm³/mol. The molecule has 1 saturated heterocycles. The molecule has 0 aromatic carbocycles. The zero-order chi connectivity index (χ0) is 12.7. The molecule has 0 aromatic rings. The SMILES string of the molecule is CCCNC(=O)CS(=O)(=O)CC1CCCNC1. The first kappa shape index (κ1) is 14.4. The van der Waals surface area contributed by atoms with Gasteiger partial charge in [-0.05, 0) is 38.3 Å². The van der Waals surface area contributed by atoms with Crippen molar-refractivity contribution in [3.8, 4) is 0 Å². The highest BCUT2D eigenvalue weighted by atomic mass is 32.2. The molecule has 0 spiro atoms. The summed E-state index contributed by atoms with van der Waals surface area (Å²) in [7, 11) is -3.26. The van der Waals surface area contributed by atoms with Gasteiger partial charge >= 0.3 is 0 Å². The summed E-state index contributed by atoms with van der Waals surface area (Å²) in [5.41, 5.74) is 0. The highest BCUT2D eigenvalue weighted by Gasteiger charge is 2.23. The molecule has 0 saturated carbocycles. The molecule has 1 rings (SSSR count). The normalized spacial score (nSPS) is 21.1. The molecular weight excluding hydrogens is 240 g/mol. The van der Waals surface area contributed by atoms with Crippen molar-refractivity contribution < 1.29 is 13.2 Å². The van der Waals surface area contributed by atoms with Crippen LogP contribution in [0.25, 0.3) is 0 Å². The van der Waals surface area contributed by atoms with Gasteiger partial charge in [-0.3, -0.25) is 4.79 Å². The standard InChI is InChI=1S/C11H22N2O3S/c1-2-5-13-11(14)9-17(15,16)8-10-4-3-6-12-7-10/h10,12H,2-9H2,1H3,(H,13,14). The van der Waals surface area contributed by atoms with Gasteiger partial charge < -0.3 is 10.6 Å². The van der Waals surface area contributed by atoms with E-state index in [4.69, 9.17) is 0 Å². The van der Waals surface area contributed by atoms with Crippen LogP contribution in [-0.2, 0) is 14.6 Å². The van der Waals surface area contributed by atoms with Gasteiger partial charge in [0.1, 0.15) is 5.75 Å².